The van der Waals surface area contributed by atoms with Crippen LogP contribution >= 0.6 is 15.9 Å². The molecule has 1 unspecified atom stereocenters. The predicted molar refractivity (Wildman–Crippen MR) is 76.2 cm³/mol. The van der Waals surface area contributed by atoms with Crippen LogP contribution in [-0.2, 0) is 11.3 Å². The van der Waals surface area contributed by atoms with Crippen molar-refractivity contribution in [1.29, 1.82) is 0 Å². The Morgan fingerprint density at radius 3 is 2.83 bits per heavy atom. The molecule has 0 aliphatic carbocycles. The van der Waals surface area contributed by atoms with E-state index in [4.69, 9.17) is 0 Å². The molecule has 18 heavy (non-hydrogen) atoms. The molecule has 1 heterocycles. The number of nitrogens with one attached hydrogen (secondary N) is 1. The van der Waals surface area contributed by atoms with E-state index < -0.39 is 0 Å². The minimum absolute atomic E-state index is 0.152. The van der Waals surface area contributed by atoms with Gasteiger partial charge in [-0.1, -0.05) is 28.1 Å². The molecular formula is C14H19BrN2O. The van der Waals surface area contributed by atoms with Crippen molar-refractivity contribution in [3.8, 4) is 0 Å². The number of benzene rings is 1. The first-order valence-corrected chi connectivity index (χ1v) is 7.16. The normalized spacial score (nSPS) is 20.7. The Morgan fingerprint density at radius 2 is 2.17 bits per heavy atom. The number of piperidine rings is 1. The third-order valence-corrected chi connectivity index (χ3v) is 3.97. The number of nitrogens with zero attached hydrogens (tertiary/aromatic N) is 1. The molecule has 0 spiro atoms. The van der Waals surface area contributed by atoms with Crippen LogP contribution in [0.3, 0.4) is 0 Å². The molecule has 1 aromatic carbocycles. The van der Waals surface area contributed by atoms with Crippen LogP contribution in [0.5, 0.6) is 0 Å². The third kappa shape index (κ3) is 3.56. The molecule has 1 saturated heterocycles. The molecule has 1 aliphatic heterocycles. The summed E-state index contributed by atoms with van der Waals surface area (Å²) in [7, 11) is 1.72. The van der Waals surface area contributed by atoms with Gasteiger partial charge in [0.25, 0.3) is 0 Å². The number of hydrogen-bond acceptors (Lipinski definition) is 2. The lowest BCUT2D eigenvalue weighted by Gasteiger charge is -2.31. The van der Waals surface area contributed by atoms with Gasteiger partial charge in [0.15, 0.2) is 0 Å². The lowest BCUT2D eigenvalue weighted by atomic mass is 9.97. The van der Waals surface area contributed by atoms with Crippen molar-refractivity contribution in [3.63, 3.8) is 0 Å². The van der Waals surface area contributed by atoms with E-state index in [1.807, 2.05) is 0 Å². The molecule has 3 nitrogen and oxygen atoms in total. The fraction of sp³-hybridized carbons (Fsp3) is 0.500. The molecule has 0 bridgehead atoms. The summed E-state index contributed by atoms with van der Waals surface area (Å²) in [6, 6.07) is 8.40. The van der Waals surface area contributed by atoms with Crippen molar-refractivity contribution in [1.82, 2.24) is 10.2 Å². The number of halogens is 1. The van der Waals surface area contributed by atoms with Gasteiger partial charge in [-0.15, -0.1) is 0 Å². The highest BCUT2D eigenvalue weighted by molar-refractivity contribution is 9.10. The van der Waals surface area contributed by atoms with Gasteiger partial charge in [0.1, 0.15) is 0 Å². The molecule has 1 aromatic rings. The minimum atomic E-state index is 0.152. The zero-order valence-corrected chi connectivity index (χ0v) is 12.2. The van der Waals surface area contributed by atoms with Gasteiger partial charge in [-0.2, -0.15) is 0 Å². The molecule has 98 valence electrons. The highest BCUT2D eigenvalue weighted by Crippen LogP contribution is 2.19. The molecule has 0 radical (unpaired) electrons. The fourth-order valence-electron chi connectivity index (χ4n) is 2.47. The van der Waals surface area contributed by atoms with E-state index in [0.29, 0.717) is 0 Å². The summed E-state index contributed by atoms with van der Waals surface area (Å²) in [6.45, 7) is 2.89. The zero-order valence-electron chi connectivity index (χ0n) is 10.7. The summed E-state index contributed by atoms with van der Waals surface area (Å²) in [4.78, 5) is 14.0. The summed E-state index contributed by atoms with van der Waals surface area (Å²) < 4.78 is 1.10. The predicted octanol–water partition coefficient (Wildman–Crippen LogP) is 2.41. The molecule has 2 rings (SSSR count). The van der Waals surface area contributed by atoms with Crippen LogP contribution in [0.4, 0.5) is 0 Å². The second-order valence-electron chi connectivity index (χ2n) is 4.81. The van der Waals surface area contributed by atoms with E-state index in [1.54, 1.807) is 7.05 Å². The van der Waals surface area contributed by atoms with Crippen molar-refractivity contribution >= 4 is 21.8 Å². The smallest absolute Gasteiger partial charge is 0.224 e. The highest BCUT2D eigenvalue weighted by atomic mass is 79.9. The molecular weight excluding hydrogens is 292 g/mol. The second-order valence-corrected chi connectivity index (χ2v) is 5.73. The average molecular weight is 311 g/mol. The van der Waals surface area contributed by atoms with Crippen LogP contribution in [0.1, 0.15) is 18.4 Å². The Labute approximate surface area is 117 Å². The first-order chi connectivity index (χ1) is 8.69. The molecule has 1 N–H and O–H groups in total. The van der Waals surface area contributed by atoms with Gasteiger partial charge in [0.2, 0.25) is 5.91 Å². The highest BCUT2D eigenvalue weighted by Gasteiger charge is 2.24. The van der Waals surface area contributed by atoms with Gasteiger partial charge in [0.05, 0.1) is 5.92 Å². The molecule has 1 fully saturated rings. The lowest BCUT2D eigenvalue weighted by Crippen LogP contribution is -2.41. The largest absolute Gasteiger partial charge is 0.359 e. The lowest BCUT2D eigenvalue weighted by molar-refractivity contribution is -0.126. The average Bonchev–Trinajstić information content (AvgIpc) is 2.41. The SMILES string of the molecule is CNC(=O)C1CCCN(Cc2ccc(Br)cc2)C1. The number of likely N-dealkylation sites (tertiary alicyclic amines) is 1. The Kier molecular flexibility index (Phi) is 4.78. The summed E-state index contributed by atoms with van der Waals surface area (Å²) in [5.41, 5.74) is 1.30. The number of hydrogen-bond donors (Lipinski definition) is 1. The molecule has 0 saturated carbocycles. The van der Waals surface area contributed by atoms with Crippen LogP contribution in [0.2, 0.25) is 0 Å². The van der Waals surface area contributed by atoms with Crippen molar-refractivity contribution < 1.29 is 4.79 Å². The van der Waals surface area contributed by atoms with Crippen LogP contribution in [0, 0.1) is 5.92 Å². The van der Waals surface area contributed by atoms with Crippen molar-refractivity contribution in [2.45, 2.75) is 19.4 Å². The summed E-state index contributed by atoms with van der Waals surface area (Å²) in [5.74, 6) is 0.328. The molecule has 1 atom stereocenters. The quantitative estimate of drug-likeness (QED) is 0.930. The molecule has 1 amide bonds. The van der Waals surface area contributed by atoms with Gasteiger partial charge in [-0.3, -0.25) is 9.69 Å². The van der Waals surface area contributed by atoms with Crippen molar-refractivity contribution in [3.05, 3.63) is 34.3 Å². The fourth-order valence-corrected chi connectivity index (χ4v) is 2.73. The van der Waals surface area contributed by atoms with E-state index in [1.165, 1.54) is 5.56 Å². The van der Waals surface area contributed by atoms with Gasteiger partial charge in [0, 0.05) is 24.6 Å². The first kappa shape index (κ1) is 13.6. The van der Waals surface area contributed by atoms with E-state index in [2.05, 4.69) is 50.4 Å². The zero-order chi connectivity index (χ0) is 13.0. The van der Waals surface area contributed by atoms with Gasteiger partial charge in [-0.05, 0) is 37.1 Å². The maximum atomic E-state index is 11.7. The van der Waals surface area contributed by atoms with Crippen LogP contribution < -0.4 is 5.32 Å². The maximum Gasteiger partial charge on any atom is 0.224 e. The molecule has 1 aliphatic rings. The first-order valence-electron chi connectivity index (χ1n) is 6.37. The van der Waals surface area contributed by atoms with Crippen molar-refractivity contribution in [2.75, 3.05) is 20.1 Å². The van der Waals surface area contributed by atoms with Crippen LogP contribution in [0.25, 0.3) is 0 Å². The van der Waals surface area contributed by atoms with Gasteiger partial charge < -0.3 is 5.32 Å². The minimum Gasteiger partial charge on any atom is -0.359 e. The molecule has 4 heteroatoms. The topological polar surface area (TPSA) is 32.3 Å². The summed E-state index contributed by atoms with van der Waals surface area (Å²) in [5, 5.41) is 2.75. The molecule has 0 aromatic heterocycles. The van der Waals surface area contributed by atoms with E-state index in [9.17, 15) is 4.79 Å². The van der Waals surface area contributed by atoms with Crippen LogP contribution in [-0.4, -0.2) is 30.9 Å². The Balaban J connectivity index is 1.93. The van der Waals surface area contributed by atoms with Crippen LogP contribution in [0.15, 0.2) is 28.7 Å². The van der Waals surface area contributed by atoms with Gasteiger partial charge in [-0.25, -0.2) is 0 Å². The Hall–Kier alpha value is -0.870. The van der Waals surface area contributed by atoms with E-state index >= 15 is 0 Å². The van der Waals surface area contributed by atoms with E-state index in [-0.39, 0.29) is 11.8 Å². The standard InChI is InChI=1S/C14H19BrN2O/c1-16-14(18)12-3-2-8-17(10-12)9-11-4-6-13(15)7-5-11/h4-7,12H,2-3,8-10H2,1H3,(H,16,18). The van der Waals surface area contributed by atoms with Crippen molar-refractivity contribution in [2.24, 2.45) is 5.92 Å². The second kappa shape index (κ2) is 6.34. The number of amides is 1. The van der Waals surface area contributed by atoms with Gasteiger partial charge >= 0.3 is 0 Å². The Morgan fingerprint density at radius 1 is 1.44 bits per heavy atom. The monoisotopic (exact) mass is 310 g/mol. The number of carbonyl (C=O) groups is 1. The summed E-state index contributed by atoms with van der Waals surface area (Å²) in [6.07, 6.45) is 2.12. The maximum absolute atomic E-state index is 11.7. The Bertz CT molecular complexity index is 405. The van der Waals surface area contributed by atoms with E-state index in [0.717, 1.165) is 36.9 Å². The number of carbonyl (C=O) groups excluding carboxylic acids is 1. The third-order valence-electron chi connectivity index (χ3n) is 3.44. The summed E-state index contributed by atoms with van der Waals surface area (Å²) >= 11 is 3.44. The number of rotatable bonds is 3.